The van der Waals surface area contributed by atoms with E-state index in [1.165, 1.54) is 0 Å². The minimum atomic E-state index is -0.391. The van der Waals surface area contributed by atoms with Gasteiger partial charge >= 0.3 is 0 Å². The second-order valence-electron chi connectivity index (χ2n) is 5.80. The van der Waals surface area contributed by atoms with E-state index in [4.69, 9.17) is 9.47 Å². The third kappa shape index (κ3) is 3.43. The molecule has 5 nitrogen and oxygen atoms in total. The molecule has 1 N–H and O–H groups in total. The number of morpholine rings is 1. The molecule has 2 rings (SSSR count). The van der Waals surface area contributed by atoms with Crippen LogP contribution in [0.25, 0.3) is 0 Å². The summed E-state index contributed by atoms with van der Waals surface area (Å²) in [6.45, 7) is 5.67. The number of carbonyl (C=O) groups excluding carboxylic acids is 1. The molecule has 5 heteroatoms. The molecule has 0 aromatic rings. The normalized spacial score (nSPS) is 31.6. The fraction of sp³-hybridized carbons (Fsp3) is 0.923. The molecule has 2 unspecified atom stereocenters. The van der Waals surface area contributed by atoms with Crippen molar-refractivity contribution in [2.24, 2.45) is 0 Å². The second-order valence-corrected chi connectivity index (χ2v) is 5.80. The van der Waals surface area contributed by atoms with Crippen molar-refractivity contribution in [2.45, 2.75) is 50.9 Å². The highest BCUT2D eigenvalue weighted by Crippen LogP contribution is 2.23. The van der Waals surface area contributed by atoms with Crippen LogP contribution in [0.5, 0.6) is 0 Å². The van der Waals surface area contributed by atoms with Gasteiger partial charge in [0, 0.05) is 19.7 Å². The molecule has 0 bridgehead atoms. The lowest BCUT2D eigenvalue weighted by Crippen LogP contribution is -2.55. The first-order valence-electron chi connectivity index (χ1n) is 6.68. The molecule has 2 aliphatic rings. The maximum Gasteiger partial charge on any atom is 0.225 e. The predicted molar refractivity (Wildman–Crippen MR) is 66.2 cm³/mol. The Morgan fingerprint density at radius 2 is 2.22 bits per heavy atom. The van der Waals surface area contributed by atoms with Gasteiger partial charge in [0.05, 0.1) is 30.8 Å². The SMILES string of the molecule is CC1(C)CN(C(=O)CC2CCCO2)CC(CO)O1. The molecule has 2 fully saturated rings. The van der Waals surface area contributed by atoms with Crippen molar-refractivity contribution in [1.82, 2.24) is 4.90 Å². The molecule has 0 aromatic carbocycles. The molecule has 0 radical (unpaired) electrons. The van der Waals surface area contributed by atoms with Crippen molar-refractivity contribution in [3.8, 4) is 0 Å². The topological polar surface area (TPSA) is 59.0 Å². The fourth-order valence-corrected chi connectivity index (χ4v) is 2.71. The van der Waals surface area contributed by atoms with Crippen molar-refractivity contribution in [1.29, 1.82) is 0 Å². The first-order valence-corrected chi connectivity index (χ1v) is 6.68. The number of carbonyl (C=O) groups is 1. The van der Waals surface area contributed by atoms with Gasteiger partial charge in [0.2, 0.25) is 5.91 Å². The molecule has 0 spiro atoms. The van der Waals surface area contributed by atoms with Crippen LogP contribution in [0.15, 0.2) is 0 Å². The Labute approximate surface area is 108 Å². The lowest BCUT2D eigenvalue weighted by molar-refractivity contribution is -0.168. The summed E-state index contributed by atoms with van der Waals surface area (Å²) in [7, 11) is 0. The Hall–Kier alpha value is -0.650. The van der Waals surface area contributed by atoms with Crippen LogP contribution in [0, 0.1) is 0 Å². The average molecular weight is 257 g/mol. The van der Waals surface area contributed by atoms with Gasteiger partial charge < -0.3 is 19.5 Å². The highest BCUT2D eigenvalue weighted by atomic mass is 16.5. The van der Waals surface area contributed by atoms with E-state index in [1.54, 1.807) is 4.90 Å². The van der Waals surface area contributed by atoms with E-state index in [0.717, 1.165) is 19.4 Å². The van der Waals surface area contributed by atoms with Crippen LogP contribution >= 0.6 is 0 Å². The quantitative estimate of drug-likeness (QED) is 0.802. The van der Waals surface area contributed by atoms with Crippen LogP contribution < -0.4 is 0 Å². The predicted octanol–water partition coefficient (Wildman–Crippen LogP) is 0.554. The first-order chi connectivity index (χ1) is 8.50. The monoisotopic (exact) mass is 257 g/mol. The molecule has 0 aliphatic carbocycles. The molecule has 0 aromatic heterocycles. The minimum Gasteiger partial charge on any atom is -0.394 e. The summed E-state index contributed by atoms with van der Waals surface area (Å²) < 4.78 is 11.2. The van der Waals surface area contributed by atoms with Gasteiger partial charge in [-0.2, -0.15) is 0 Å². The van der Waals surface area contributed by atoms with Crippen molar-refractivity contribution < 1.29 is 19.4 Å². The maximum absolute atomic E-state index is 12.2. The summed E-state index contributed by atoms with van der Waals surface area (Å²) in [4.78, 5) is 14.0. The number of aliphatic hydroxyl groups is 1. The zero-order valence-corrected chi connectivity index (χ0v) is 11.2. The number of hydrogen-bond acceptors (Lipinski definition) is 4. The lowest BCUT2D eigenvalue weighted by Gasteiger charge is -2.42. The molecule has 104 valence electrons. The molecule has 2 heterocycles. The Bertz CT molecular complexity index is 299. The standard InChI is InChI=1S/C13H23NO4/c1-13(2)9-14(7-11(8-15)18-13)12(16)6-10-4-3-5-17-10/h10-11,15H,3-9H2,1-2H3. The number of amides is 1. The Balaban J connectivity index is 1.91. The van der Waals surface area contributed by atoms with Crippen molar-refractivity contribution in [2.75, 3.05) is 26.3 Å². The van der Waals surface area contributed by atoms with E-state index in [1.807, 2.05) is 13.8 Å². The molecular weight excluding hydrogens is 234 g/mol. The Morgan fingerprint density at radius 1 is 1.44 bits per heavy atom. The van der Waals surface area contributed by atoms with Gasteiger partial charge in [-0.25, -0.2) is 0 Å². The summed E-state index contributed by atoms with van der Waals surface area (Å²) in [6, 6.07) is 0. The van der Waals surface area contributed by atoms with Gasteiger partial charge in [-0.1, -0.05) is 0 Å². The van der Waals surface area contributed by atoms with Crippen LogP contribution in [0.3, 0.4) is 0 Å². The lowest BCUT2D eigenvalue weighted by atomic mass is 10.0. The molecule has 2 saturated heterocycles. The fourth-order valence-electron chi connectivity index (χ4n) is 2.71. The van der Waals surface area contributed by atoms with Crippen LogP contribution in [0.4, 0.5) is 0 Å². The van der Waals surface area contributed by atoms with E-state index < -0.39 is 5.60 Å². The van der Waals surface area contributed by atoms with Crippen molar-refractivity contribution in [3.63, 3.8) is 0 Å². The third-order valence-corrected chi connectivity index (χ3v) is 3.46. The van der Waals surface area contributed by atoms with Gasteiger partial charge in [0.25, 0.3) is 0 Å². The number of ether oxygens (including phenoxy) is 2. The third-order valence-electron chi connectivity index (χ3n) is 3.46. The highest BCUT2D eigenvalue weighted by molar-refractivity contribution is 5.77. The van der Waals surface area contributed by atoms with Gasteiger partial charge in [0.15, 0.2) is 0 Å². The maximum atomic E-state index is 12.2. The summed E-state index contributed by atoms with van der Waals surface area (Å²) in [6.07, 6.45) is 2.28. The summed E-state index contributed by atoms with van der Waals surface area (Å²) in [5.74, 6) is 0.108. The van der Waals surface area contributed by atoms with Crippen molar-refractivity contribution >= 4 is 5.91 Å². The minimum absolute atomic E-state index is 0.0485. The van der Waals surface area contributed by atoms with Crippen LogP contribution in [0.1, 0.15) is 33.1 Å². The molecule has 2 atom stereocenters. The number of nitrogens with zero attached hydrogens (tertiary/aromatic N) is 1. The van der Waals surface area contributed by atoms with Crippen LogP contribution in [0.2, 0.25) is 0 Å². The van der Waals surface area contributed by atoms with Crippen LogP contribution in [-0.2, 0) is 14.3 Å². The zero-order valence-electron chi connectivity index (χ0n) is 11.2. The number of rotatable bonds is 3. The smallest absolute Gasteiger partial charge is 0.225 e. The van der Waals surface area contributed by atoms with E-state index in [9.17, 15) is 9.90 Å². The Kier molecular flexibility index (Phi) is 4.25. The largest absolute Gasteiger partial charge is 0.394 e. The van der Waals surface area contributed by atoms with Crippen LogP contribution in [-0.4, -0.2) is 60.0 Å². The number of aliphatic hydroxyl groups excluding tert-OH is 1. The van der Waals surface area contributed by atoms with E-state index in [-0.39, 0.29) is 24.7 Å². The van der Waals surface area contributed by atoms with E-state index in [2.05, 4.69) is 0 Å². The average Bonchev–Trinajstić information content (AvgIpc) is 2.79. The summed E-state index contributed by atoms with van der Waals surface area (Å²) >= 11 is 0. The van der Waals surface area contributed by atoms with E-state index in [0.29, 0.717) is 19.5 Å². The molecule has 2 aliphatic heterocycles. The number of hydrogen-bond donors (Lipinski definition) is 1. The molecule has 0 saturated carbocycles. The Morgan fingerprint density at radius 3 is 2.83 bits per heavy atom. The van der Waals surface area contributed by atoms with Gasteiger partial charge in [0.1, 0.15) is 0 Å². The molecule has 18 heavy (non-hydrogen) atoms. The van der Waals surface area contributed by atoms with Gasteiger partial charge in [-0.05, 0) is 26.7 Å². The van der Waals surface area contributed by atoms with E-state index >= 15 is 0 Å². The molecule has 1 amide bonds. The van der Waals surface area contributed by atoms with Gasteiger partial charge in [-0.3, -0.25) is 4.79 Å². The second kappa shape index (κ2) is 5.55. The first kappa shape index (κ1) is 13.8. The highest BCUT2D eigenvalue weighted by Gasteiger charge is 2.36. The van der Waals surface area contributed by atoms with Crippen molar-refractivity contribution in [3.05, 3.63) is 0 Å². The summed E-state index contributed by atoms with van der Waals surface area (Å²) in [5, 5.41) is 9.22. The molecular formula is C13H23NO4. The van der Waals surface area contributed by atoms with Gasteiger partial charge in [-0.15, -0.1) is 0 Å². The zero-order chi connectivity index (χ0) is 13.2. The summed E-state index contributed by atoms with van der Waals surface area (Å²) in [5.41, 5.74) is -0.391.